The first-order chi connectivity index (χ1) is 13.6. The predicted molar refractivity (Wildman–Crippen MR) is 122 cm³/mol. The molecular formula is C21H23Cl2N3OS. The molecular weight excluding hydrogens is 413 g/mol. The van der Waals surface area contributed by atoms with E-state index in [1.807, 2.05) is 64.1 Å². The van der Waals surface area contributed by atoms with E-state index in [1.54, 1.807) is 6.07 Å². The Labute approximate surface area is 179 Å². The summed E-state index contributed by atoms with van der Waals surface area (Å²) in [6.45, 7) is 8.32. The fourth-order valence-corrected chi connectivity index (χ4v) is 3.57. The Bertz CT molecular complexity index is 1070. The van der Waals surface area contributed by atoms with Crippen molar-refractivity contribution >= 4 is 55.7 Å². The Kier molecular flexibility index (Phi) is 8.45. The van der Waals surface area contributed by atoms with Crippen LogP contribution in [0.4, 0.5) is 0 Å². The summed E-state index contributed by atoms with van der Waals surface area (Å²) in [5.41, 5.74) is 8.06. The fourth-order valence-electron chi connectivity index (χ4n) is 2.43. The van der Waals surface area contributed by atoms with Crippen LogP contribution in [0.5, 0.6) is 10.9 Å². The first-order valence-electron chi connectivity index (χ1n) is 9.15. The first-order valence-corrected chi connectivity index (χ1v) is 10.7. The van der Waals surface area contributed by atoms with E-state index in [9.17, 15) is 0 Å². The van der Waals surface area contributed by atoms with Gasteiger partial charge in [0.2, 0.25) is 0 Å². The highest BCUT2D eigenvalue weighted by Crippen LogP contribution is 2.36. The van der Waals surface area contributed by atoms with Crippen LogP contribution in [0.25, 0.3) is 21.1 Å². The molecule has 4 aromatic rings. The minimum atomic E-state index is 0.324. The summed E-state index contributed by atoms with van der Waals surface area (Å²) >= 11 is 13.6. The van der Waals surface area contributed by atoms with Gasteiger partial charge in [0.1, 0.15) is 5.75 Å². The molecule has 0 radical (unpaired) electrons. The molecule has 2 heterocycles. The minimum Gasteiger partial charge on any atom is -0.430 e. The molecule has 0 unspecified atom stereocenters. The number of pyridine rings is 1. The van der Waals surface area contributed by atoms with Crippen LogP contribution in [0, 0.1) is 0 Å². The zero-order chi connectivity index (χ0) is 20.7. The maximum Gasteiger partial charge on any atom is 0.279 e. The summed E-state index contributed by atoms with van der Waals surface area (Å²) in [5, 5.41) is 2.61. The highest BCUT2D eigenvalue weighted by atomic mass is 35.5. The summed E-state index contributed by atoms with van der Waals surface area (Å²) in [7, 11) is 0. The molecule has 0 saturated heterocycles. The van der Waals surface area contributed by atoms with Crippen LogP contribution in [-0.4, -0.2) is 9.97 Å². The van der Waals surface area contributed by atoms with E-state index in [0.29, 0.717) is 27.5 Å². The van der Waals surface area contributed by atoms with E-state index in [-0.39, 0.29) is 0 Å². The maximum atomic E-state index is 6.11. The van der Waals surface area contributed by atoms with Gasteiger partial charge in [-0.3, -0.25) is 4.98 Å². The van der Waals surface area contributed by atoms with Crippen LogP contribution < -0.4 is 10.5 Å². The van der Waals surface area contributed by atoms with Gasteiger partial charge >= 0.3 is 0 Å². The van der Waals surface area contributed by atoms with Gasteiger partial charge in [-0.1, -0.05) is 62.2 Å². The molecule has 0 aliphatic carbocycles. The van der Waals surface area contributed by atoms with E-state index in [1.165, 1.54) is 11.3 Å². The van der Waals surface area contributed by atoms with Gasteiger partial charge in [-0.05, 0) is 36.4 Å². The molecule has 0 aliphatic rings. The molecule has 0 spiro atoms. The Morgan fingerprint density at radius 2 is 1.57 bits per heavy atom. The van der Waals surface area contributed by atoms with Gasteiger partial charge in [0.15, 0.2) is 0 Å². The van der Waals surface area contributed by atoms with Crippen molar-refractivity contribution in [2.24, 2.45) is 5.73 Å². The number of benzene rings is 2. The van der Waals surface area contributed by atoms with E-state index >= 15 is 0 Å². The zero-order valence-corrected chi connectivity index (χ0v) is 18.6. The number of aromatic nitrogens is 2. The summed E-state index contributed by atoms with van der Waals surface area (Å²) < 4.78 is 7.03. The lowest BCUT2D eigenvalue weighted by Gasteiger charge is -2.08. The quantitative estimate of drug-likeness (QED) is 0.362. The van der Waals surface area contributed by atoms with E-state index in [0.717, 1.165) is 26.8 Å². The molecule has 7 heteroatoms. The van der Waals surface area contributed by atoms with Gasteiger partial charge in [-0.25, -0.2) is 4.98 Å². The first kappa shape index (κ1) is 22.4. The van der Waals surface area contributed by atoms with Crippen LogP contribution in [-0.2, 0) is 6.54 Å². The summed E-state index contributed by atoms with van der Waals surface area (Å²) in [6.07, 6.45) is 0. The molecule has 0 aliphatic heterocycles. The van der Waals surface area contributed by atoms with Crippen LogP contribution in [0.15, 0.2) is 42.5 Å². The lowest BCUT2D eigenvalue weighted by molar-refractivity contribution is 0.484. The SMILES string of the molecule is CC.CC.NCc1cc(Oc2nc3cc(Cl)ccc3s2)c2cc(Cl)ccc2n1. The van der Waals surface area contributed by atoms with E-state index < -0.39 is 0 Å². The second-order valence-electron chi connectivity index (χ2n) is 5.17. The van der Waals surface area contributed by atoms with Crippen molar-refractivity contribution in [1.82, 2.24) is 9.97 Å². The lowest BCUT2D eigenvalue weighted by atomic mass is 10.2. The Morgan fingerprint density at radius 3 is 2.29 bits per heavy atom. The molecule has 0 bridgehead atoms. The molecule has 2 N–H and O–H groups in total. The second kappa shape index (κ2) is 10.6. The normalized spacial score (nSPS) is 10.1. The minimum absolute atomic E-state index is 0.324. The van der Waals surface area contributed by atoms with Crippen molar-refractivity contribution in [2.75, 3.05) is 0 Å². The standard InChI is InChI=1S/C17H11Cl2N3OS.2C2H6/c18-9-1-3-13-12(5-9)15(7-11(8-20)21-13)23-17-22-14-6-10(19)2-4-16(14)24-17;2*1-2/h1-7H,8,20H2;2*1-2H3. The van der Waals surface area contributed by atoms with Crippen molar-refractivity contribution in [3.8, 4) is 10.9 Å². The van der Waals surface area contributed by atoms with Gasteiger partial charge in [-0.15, -0.1) is 0 Å². The molecule has 2 aromatic heterocycles. The Hall–Kier alpha value is -1.92. The van der Waals surface area contributed by atoms with Crippen LogP contribution in [0.2, 0.25) is 10.0 Å². The fraction of sp³-hybridized carbons (Fsp3) is 0.238. The molecule has 2 aromatic carbocycles. The highest BCUT2D eigenvalue weighted by Gasteiger charge is 2.12. The Morgan fingerprint density at radius 1 is 0.893 bits per heavy atom. The van der Waals surface area contributed by atoms with Crippen molar-refractivity contribution in [2.45, 2.75) is 34.2 Å². The molecule has 4 rings (SSSR count). The number of nitrogens with zero attached hydrogens (tertiary/aromatic N) is 2. The van der Waals surface area contributed by atoms with Gasteiger partial charge < -0.3 is 10.5 Å². The van der Waals surface area contributed by atoms with Crippen molar-refractivity contribution < 1.29 is 4.74 Å². The van der Waals surface area contributed by atoms with Crippen molar-refractivity contribution in [1.29, 1.82) is 0 Å². The van der Waals surface area contributed by atoms with E-state index in [4.69, 9.17) is 33.7 Å². The van der Waals surface area contributed by atoms with E-state index in [2.05, 4.69) is 9.97 Å². The lowest BCUT2D eigenvalue weighted by Crippen LogP contribution is -2.00. The van der Waals surface area contributed by atoms with Crippen molar-refractivity contribution in [3.05, 3.63) is 58.2 Å². The third-order valence-corrected chi connectivity index (χ3v) is 4.91. The average Bonchev–Trinajstić information content (AvgIpc) is 3.12. The summed E-state index contributed by atoms with van der Waals surface area (Å²) in [4.78, 5) is 8.97. The predicted octanol–water partition coefficient (Wildman–Crippen LogP) is 7.45. The largest absolute Gasteiger partial charge is 0.430 e. The molecule has 0 fully saturated rings. The van der Waals surface area contributed by atoms with Crippen LogP contribution >= 0.6 is 34.5 Å². The molecule has 0 amide bonds. The van der Waals surface area contributed by atoms with Crippen LogP contribution in [0.1, 0.15) is 33.4 Å². The number of ether oxygens (including phenoxy) is 1. The van der Waals surface area contributed by atoms with Gasteiger partial charge in [0.05, 0.1) is 21.4 Å². The highest BCUT2D eigenvalue weighted by molar-refractivity contribution is 7.20. The molecule has 28 heavy (non-hydrogen) atoms. The smallest absolute Gasteiger partial charge is 0.279 e. The second-order valence-corrected chi connectivity index (χ2v) is 7.04. The number of hydrogen-bond acceptors (Lipinski definition) is 5. The number of hydrogen-bond donors (Lipinski definition) is 1. The number of halogens is 2. The third-order valence-electron chi connectivity index (χ3n) is 3.52. The summed E-state index contributed by atoms with van der Waals surface area (Å²) in [5.74, 6) is 0.633. The number of thiazole rings is 1. The third kappa shape index (κ3) is 5.11. The number of rotatable bonds is 3. The van der Waals surface area contributed by atoms with Crippen LogP contribution in [0.3, 0.4) is 0 Å². The number of fused-ring (bicyclic) bond motifs is 2. The molecule has 0 atom stereocenters. The van der Waals surface area contributed by atoms with Crippen molar-refractivity contribution in [3.63, 3.8) is 0 Å². The molecule has 148 valence electrons. The summed E-state index contributed by atoms with van der Waals surface area (Å²) in [6, 6.07) is 12.9. The average molecular weight is 436 g/mol. The molecule has 4 nitrogen and oxygen atoms in total. The topological polar surface area (TPSA) is 61.0 Å². The zero-order valence-electron chi connectivity index (χ0n) is 16.3. The Balaban J connectivity index is 0.000000660. The monoisotopic (exact) mass is 435 g/mol. The maximum absolute atomic E-state index is 6.11. The van der Waals surface area contributed by atoms with Gasteiger partial charge in [0, 0.05) is 28.0 Å². The van der Waals surface area contributed by atoms with Gasteiger partial charge in [-0.2, -0.15) is 0 Å². The van der Waals surface area contributed by atoms with Gasteiger partial charge in [0.25, 0.3) is 5.19 Å². The number of nitrogens with two attached hydrogens (primary N) is 1. The molecule has 0 saturated carbocycles.